The second-order valence-electron chi connectivity index (χ2n) is 6.74. The van der Waals surface area contributed by atoms with Crippen molar-refractivity contribution in [3.05, 3.63) is 59.1 Å². The number of amides is 2. The summed E-state index contributed by atoms with van der Waals surface area (Å²) >= 11 is 6.18. The van der Waals surface area contributed by atoms with Gasteiger partial charge in [0.25, 0.3) is 0 Å². The summed E-state index contributed by atoms with van der Waals surface area (Å²) in [5.41, 5.74) is 2.76. The molecule has 0 aromatic heterocycles. The van der Waals surface area contributed by atoms with Gasteiger partial charge in [-0.05, 0) is 36.8 Å². The molecular weight excluding hydrogens is 362 g/mol. The molecule has 1 aliphatic heterocycles. The fourth-order valence-corrected chi connectivity index (χ4v) is 3.40. The zero-order valence-corrected chi connectivity index (χ0v) is 16.4. The molecule has 0 bridgehead atoms. The first-order valence-electron chi connectivity index (χ1n) is 9.08. The van der Waals surface area contributed by atoms with E-state index in [1.165, 1.54) is 17.5 Å². The van der Waals surface area contributed by atoms with Gasteiger partial charge in [0.05, 0.1) is 0 Å². The van der Waals surface area contributed by atoms with Crippen molar-refractivity contribution in [1.29, 1.82) is 0 Å². The van der Waals surface area contributed by atoms with Crippen LogP contribution in [0.4, 0.5) is 11.4 Å². The summed E-state index contributed by atoms with van der Waals surface area (Å²) in [4.78, 5) is 30.4. The number of nitrogens with zero attached hydrogens (tertiary/aromatic N) is 3. The Morgan fingerprint density at radius 1 is 1.04 bits per heavy atom. The third-order valence-electron chi connectivity index (χ3n) is 4.89. The van der Waals surface area contributed by atoms with Gasteiger partial charge in [-0.3, -0.25) is 9.59 Å². The molecule has 0 saturated carbocycles. The van der Waals surface area contributed by atoms with Crippen LogP contribution < -0.4 is 9.80 Å². The Bertz CT molecular complexity index is 817. The van der Waals surface area contributed by atoms with Crippen molar-refractivity contribution in [2.75, 3.05) is 42.5 Å². The largest absolute Gasteiger partial charge is 0.368 e. The number of benzene rings is 2. The van der Waals surface area contributed by atoms with E-state index >= 15 is 0 Å². The van der Waals surface area contributed by atoms with Gasteiger partial charge in [-0.2, -0.15) is 0 Å². The Hall–Kier alpha value is -2.53. The Labute approximate surface area is 165 Å². The maximum absolute atomic E-state index is 12.8. The molecule has 2 amide bonds. The van der Waals surface area contributed by atoms with E-state index in [1.54, 1.807) is 6.07 Å². The van der Waals surface area contributed by atoms with Crippen LogP contribution >= 0.6 is 11.6 Å². The normalized spacial score (nSPS) is 14.2. The van der Waals surface area contributed by atoms with Crippen molar-refractivity contribution in [3.63, 3.8) is 0 Å². The lowest BCUT2D eigenvalue weighted by atomic mass is 10.2. The molecule has 6 heteroatoms. The van der Waals surface area contributed by atoms with Gasteiger partial charge in [0.1, 0.15) is 6.54 Å². The first-order chi connectivity index (χ1) is 13.0. The second kappa shape index (κ2) is 8.44. The molecule has 5 nitrogen and oxygen atoms in total. The highest BCUT2D eigenvalue weighted by atomic mass is 35.5. The predicted octanol–water partition coefficient (Wildman–Crippen LogP) is 3.35. The van der Waals surface area contributed by atoms with Crippen molar-refractivity contribution in [3.8, 4) is 0 Å². The topological polar surface area (TPSA) is 43.9 Å². The lowest BCUT2D eigenvalue weighted by Crippen LogP contribution is -2.51. The summed E-state index contributed by atoms with van der Waals surface area (Å²) in [7, 11) is 0. The third kappa shape index (κ3) is 4.61. The van der Waals surface area contributed by atoms with Crippen molar-refractivity contribution in [2.24, 2.45) is 0 Å². The fourth-order valence-electron chi connectivity index (χ4n) is 3.22. The molecule has 0 aliphatic carbocycles. The molecule has 1 saturated heterocycles. The van der Waals surface area contributed by atoms with Crippen molar-refractivity contribution < 1.29 is 9.59 Å². The predicted molar refractivity (Wildman–Crippen MR) is 109 cm³/mol. The summed E-state index contributed by atoms with van der Waals surface area (Å²) in [6.45, 7) is 6.26. The van der Waals surface area contributed by atoms with Crippen LogP contribution in [0.1, 0.15) is 12.5 Å². The Morgan fingerprint density at radius 3 is 2.30 bits per heavy atom. The number of rotatable bonds is 4. The van der Waals surface area contributed by atoms with Gasteiger partial charge in [-0.25, -0.2) is 0 Å². The monoisotopic (exact) mass is 385 g/mol. The third-order valence-corrected chi connectivity index (χ3v) is 5.30. The highest BCUT2D eigenvalue weighted by molar-refractivity contribution is 6.31. The van der Waals surface area contributed by atoms with Gasteiger partial charge >= 0.3 is 0 Å². The van der Waals surface area contributed by atoms with E-state index in [-0.39, 0.29) is 18.4 Å². The van der Waals surface area contributed by atoms with Crippen molar-refractivity contribution >= 4 is 34.8 Å². The molecule has 1 heterocycles. The first-order valence-corrected chi connectivity index (χ1v) is 9.45. The molecule has 0 unspecified atom stereocenters. The summed E-state index contributed by atoms with van der Waals surface area (Å²) in [5.74, 6) is -0.221. The minimum Gasteiger partial charge on any atom is -0.368 e. The smallest absolute Gasteiger partial charge is 0.242 e. The lowest BCUT2D eigenvalue weighted by Gasteiger charge is -2.37. The highest BCUT2D eigenvalue weighted by Crippen LogP contribution is 2.23. The van der Waals surface area contributed by atoms with Crippen LogP contribution in [0, 0.1) is 6.92 Å². The Balaban J connectivity index is 1.63. The highest BCUT2D eigenvalue weighted by Gasteiger charge is 2.24. The van der Waals surface area contributed by atoms with Crippen LogP contribution in [0.3, 0.4) is 0 Å². The number of piperazine rings is 1. The number of anilines is 2. The molecular formula is C21H24ClN3O2. The maximum Gasteiger partial charge on any atom is 0.242 e. The van der Waals surface area contributed by atoms with E-state index in [9.17, 15) is 9.59 Å². The molecule has 142 valence electrons. The Morgan fingerprint density at radius 2 is 1.70 bits per heavy atom. The molecule has 0 atom stereocenters. The maximum atomic E-state index is 12.8. The van der Waals surface area contributed by atoms with Crippen LogP contribution in [0.5, 0.6) is 0 Å². The van der Waals surface area contributed by atoms with Gasteiger partial charge in [-0.1, -0.05) is 35.9 Å². The fraction of sp³-hybridized carbons (Fsp3) is 0.333. The molecule has 0 radical (unpaired) electrons. The zero-order valence-electron chi connectivity index (χ0n) is 15.7. The molecule has 1 fully saturated rings. The summed E-state index contributed by atoms with van der Waals surface area (Å²) in [6, 6.07) is 15.6. The molecule has 2 aromatic rings. The van der Waals surface area contributed by atoms with Crippen LogP contribution in [0.2, 0.25) is 5.02 Å². The average molecular weight is 386 g/mol. The van der Waals surface area contributed by atoms with E-state index in [2.05, 4.69) is 17.0 Å². The molecule has 3 rings (SSSR count). The molecule has 0 N–H and O–H groups in total. The van der Waals surface area contributed by atoms with E-state index in [0.29, 0.717) is 23.8 Å². The van der Waals surface area contributed by atoms with Gasteiger partial charge < -0.3 is 14.7 Å². The number of halogens is 1. The zero-order chi connectivity index (χ0) is 19.4. The average Bonchev–Trinajstić information content (AvgIpc) is 2.69. The van der Waals surface area contributed by atoms with Gasteiger partial charge in [-0.15, -0.1) is 0 Å². The standard InChI is InChI=1S/C21H24ClN3O2/c1-16-8-9-19(14-20(16)22)25(17(2)26)15-21(27)24-12-10-23(11-13-24)18-6-4-3-5-7-18/h3-9,14H,10-13,15H2,1-2H3. The number of aryl methyl sites for hydroxylation is 1. The number of hydrogen-bond acceptors (Lipinski definition) is 3. The van der Waals surface area contributed by atoms with Gasteiger partial charge in [0.2, 0.25) is 11.8 Å². The molecule has 0 spiro atoms. The van der Waals surface area contributed by atoms with E-state index in [4.69, 9.17) is 11.6 Å². The summed E-state index contributed by atoms with van der Waals surface area (Å²) in [5, 5.41) is 0.586. The molecule has 1 aliphatic rings. The van der Waals surface area contributed by atoms with E-state index in [1.807, 2.05) is 42.2 Å². The van der Waals surface area contributed by atoms with Crippen molar-refractivity contribution in [1.82, 2.24) is 4.90 Å². The Kier molecular flexibility index (Phi) is 6.01. The van der Waals surface area contributed by atoms with E-state index < -0.39 is 0 Å². The summed E-state index contributed by atoms with van der Waals surface area (Å²) in [6.07, 6.45) is 0. The molecule has 27 heavy (non-hydrogen) atoms. The SMILES string of the molecule is CC(=O)N(CC(=O)N1CCN(c2ccccc2)CC1)c1ccc(C)c(Cl)c1. The second-order valence-corrected chi connectivity index (χ2v) is 7.15. The van der Waals surface area contributed by atoms with Gasteiger partial charge in [0.15, 0.2) is 0 Å². The minimum absolute atomic E-state index is 0.0278. The molecule has 2 aromatic carbocycles. The van der Waals surface area contributed by atoms with Crippen LogP contribution in [-0.4, -0.2) is 49.4 Å². The number of para-hydroxylation sites is 1. The number of carbonyl (C=O) groups is 2. The quantitative estimate of drug-likeness (QED) is 0.810. The lowest BCUT2D eigenvalue weighted by molar-refractivity contribution is -0.131. The van der Waals surface area contributed by atoms with Crippen LogP contribution in [0.15, 0.2) is 48.5 Å². The van der Waals surface area contributed by atoms with Crippen LogP contribution in [-0.2, 0) is 9.59 Å². The van der Waals surface area contributed by atoms with Gasteiger partial charge in [0, 0.05) is 49.5 Å². The first kappa shape index (κ1) is 19.2. The van der Waals surface area contributed by atoms with E-state index in [0.717, 1.165) is 18.7 Å². The number of hydrogen-bond donors (Lipinski definition) is 0. The minimum atomic E-state index is -0.175. The summed E-state index contributed by atoms with van der Waals surface area (Å²) < 4.78 is 0. The van der Waals surface area contributed by atoms with Crippen molar-refractivity contribution in [2.45, 2.75) is 13.8 Å². The number of carbonyl (C=O) groups excluding carboxylic acids is 2. The van der Waals surface area contributed by atoms with Crippen LogP contribution in [0.25, 0.3) is 0 Å².